The van der Waals surface area contributed by atoms with Crippen LogP contribution >= 0.6 is 11.6 Å². The molecule has 0 atom stereocenters. The maximum absolute atomic E-state index is 13.2. The molecule has 0 unspecified atom stereocenters. The van der Waals surface area contributed by atoms with E-state index in [1.54, 1.807) is 30.5 Å². The Bertz CT molecular complexity index is 1000. The summed E-state index contributed by atoms with van der Waals surface area (Å²) < 4.78 is 13.2. The second kappa shape index (κ2) is 9.49. The van der Waals surface area contributed by atoms with E-state index in [1.165, 1.54) is 18.6 Å². The number of aromatic nitrogens is 3. The van der Waals surface area contributed by atoms with Crippen molar-refractivity contribution in [3.05, 3.63) is 64.9 Å². The maximum Gasteiger partial charge on any atom is 0.250 e. The third-order valence-electron chi connectivity index (χ3n) is 4.61. The Kier molecular flexibility index (Phi) is 6.34. The van der Waals surface area contributed by atoms with Crippen LogP contribution in [0, 0.1) is 5.82 Å². The lowest BCUT2D eigenvalue weighted by Crippen LogP contribution is -2.31. The van der Waals surface area contributed by atoms with Gasteiger partial charge in [0.1, 0.15) is 5.82 Å². The highest BCUT2D eigenvalue weighted by Gasteiger charge is 2.16. The first-order valence-corrected chi connectivity index (χ1v) is 10.1. The molecule has 0 aliphatic carbocycles. The summed E-state index contributed by atoms with van der Waals surface area (Å²) >= 11 is 5.91. The summed E-state index contributed by atoms with van der Waals surface area (Å²) in [5, 5.41) is 7.99. The predicted octanol–water partition coefficient (Wildman–Crippen LogP) is 4.84. The number of anilines is 4. The van der Waals surface area contributed by atoms with E-state index in [-0.39, 0.29) is 5.82 Å². The van der Waals surface area contributed by atoms with E-state index in [1.807, 2.05) is 12.1 Å². The summed E-state index contributed by atoms with van der Waals surface area (Å²) in [6.07, 6.45) is 5.07. The van der Waals surface area contributed by atoms with Gasteiger partial charge >= 0.3 is 0 Å². The van der Waals surface area contributed by atoms with Gasteiger partial charge in [-0.25, -0.2) is 9.82 Å². The molecule has 2 N–H and O–H groups in total. The zero-order valence-corrected chi connectivity index (χ0v) is 17.0. The fraction of sp³-hybridized carbons (Fsp3) is 0.238. The van der Waals surface area contributed by atoms with Crippen molar-refractivity contribution in [1.29, 1.82) is 0 Å². The van der Waals surface area contributed by atoms with E-state index in [9.17, 15) is 4.39 Å². The molecular formula is C21H21ClFN7. The molecule has 0 radical (unpaired) electrons. The lowest BCUT2D eigenvalue weighted by molar-refractivity contribution is 0.568. The van der Waals surface area contributed by atoms with Crippen molar-refractivity contribution in [3.63, 3.8) is 0 Å². The maximum atomic E-state index is 13.2. The van der Waals surface area contributed by atoms with E-state index >= 15 is 0 Å². The third-order valence-corrected chi connectivity index (χ3v) is 4.86. The van der Waals surface area contributed by atoms with E-state index in [2.05, 4.69) is 35.7 Å². The molecule has 1 aliphatic rings. The number of hydrogen-bond donors (Lipinski definition) is 2. The molecule has 0 spiro atoms. The Morgan fingerprint density at radius 2 is 1.60 bits per heavy atom. The highest BCUT2D eigenvalue weighted by Crippen LogP contribution is 2.21. The van der Waals surface area contributed by atoms with Crippen LogP contribution < -0.4 is 15.6 Å². The Morgan fingerprint density at radius 3 is 2.33 bits per heavy atom. The Hall–Kier alpha value is -3.26. The molecule has 30 heavy (non-hydrogen) atoms. The van der Waals surface area contributed by atoms with Crippen molar-refractivity contribution in [2.45, 2.75) is 19.3 Å². The second-order valence-electron chi connectivity index (χ2n) is 6.88. The molecular weight excluding hydrogens is 405 g/mol. The van der Waals surface area contributed by atoms with Crippen LogP contribution in [0.3, 0.4) is 0 Å². The Morgan fingerprint density at radius 1 is 0.900 bits per heavy atom. The van der Waals surface area contributed by atoms with Crippen molar-refractivity contribution in [2.75, 3.05) is 28.7 Å². The van der Waals surface area contributed by atoms with E-state index in [4.69, 9.17) is 11.6 Å². The molecule has 1 aliphatic heterocycles. The van der Waals surface area contributed by atoms with Gasteiger partial charge in [0.05, 0.1) is 6.21 Å². The van der Waals surface area contributed by atoms with Gasteiger partial charge in [-0.2, -0.15) is 20.1 Å². The molecule has 2 heterocycles. The number of benzene rings is 2. The topological polar surface area (TPSA) is 78.3 Å². The van der Waals surface area contributed by atoms with Crippen LogP contribution in [0.4, 0.5) is 27.9 Å². The number of nitrogens with one attached hydrogen (secondary N) is 2. The normalized spacial score (nSPS) is 14.1. The third kappa shape index (κ3) is 5.42. The lowest BCUT2D eigenvalue weighted by Gasteiger charge is -2.26. The number of nitrogens with zero attached hydrogens (tertiary/aromatic N) is 5. The minimum absolute atomic E-state index is 0.302. The fourth-order valence-corrected chi connectivity index (χ4v) is 3.21. The van der Waals surface area contributed by atoms with Gasteiger partial charge in [0, 0.05) is 23.8 Å². The zero-order chi connectivity index (χ0) is 20.8. The minimum atomic E-state index is -0.302. The monoisotopic (exact) mass is 425 g/mol. The molecule has 3 aromatic rings. The van der Waals surface area contributed by atoms with Gasteiger partial charge < -0.3 is 10.2 Å². The van der Waals surface area contributed by atoms with Crippen LogP contribution in [-0.2, 0) is 0 Å². The average Bonchev–Trinajstić information content (AvgIpc) is 2.77. The molecule has 2 aromatic carbocycles. The van der Waals surface area contributed by atoms with Gasteiger partial charge in [0.25, 0.3) is 0 Å². The highest BCUT2D eigenvalue weighted by atomic mass is 35.5. The van der Waals surface area contributed by atoms with Gasteiger partial charge in [-0.05, 0) is 61.2 Å². The van der Waals surface area contributed by atoms with Crippen molar-refractivity contribution < 1.29 is 4.39 Å². The number of hydrogen-bond acceptors (Lipinski definition) is 7. The summed E-state index contributed by atoms with van der Waals surface area (Å²) in [7, 11) is 0. The van der Waals surface area contributed by atoms with E-state index < -0.39 is 0 Å². The lowest BCUT2D eigenvalue weighted by atomic mass is 10.1. The molecule has 4 rings (SSSR count). The predicted molar refractivity (Wildman–Crippen MR) is 118 cm³/mol. The largest absolute Gasteiger partial charge is 0.341 e. The first-order valence-electron chi connectivity index (χ1n) is 9.74. The van der Waals surface area contributed by atoms with Gasteiger partial charge in [-0.3, -0.25) is 0 Å². The summed E-state index contributed by atoms with van der Waals surface area (Å²) in [5.41, 5.74) is 4.44. The second-order valence-corrected chi connectivity index (χ2v) is 7.32. The SMILES string of the molecule is Fc1ccc(Nc2nc(N/N=C\c3ccc(Cl)cc3)nc(N3CCCCC3)n2)cc1. The smallest absolute Gasteiger partial charge is 0.250 e. The van der Waals surface area contributed by atoms with Crippen LogP contribution in [0.15, 0.2) is 53.6 Å². The quantitative estimate of drug-likeness (QED) is 0.434. The standard InChI is InChI=1S/C21H21ClFN7/c22-16-6-4-15(5-7-16)14-24-29-20-26-19(25-18-10-8-17(23)9-11-18)27-21(28-20)30-12-2-1-3-13-30/h4-11,14H,1-3,12-13H2,(H2,25,26,27,28,29)/b24-14-. The zero-order valence-electron chi connectivity index (χ0n) is 16.2. The van der Waals surface area contributed by atoms with Gasteiger partial charge in [-0.1, -0.05) is 23.7 Å². The van der Waals surface area contributed by atoms with Gasteiger partial charge in [0.2, 0.25) is 17.8 Å². The molecule has 0 bridgehead atoms. The molecule has 1 fully saturated rings. The first-order chi connectivity index (χ1) is 14.7. The summed E-state index contributed by atoms with van der Waals surface area (Å²) in [5.74, 6) is 0.962. The van der Waals surface area contributed by atoms with Crippen LogP contribution in [-0.4, -0.2) is 34.3 Å². The van der Waals surface area contributed by atoms with Gasteiger partial charge in [0.15, 0.2) is 0 Å². The average molecular weight is 426 g/mol. The van der Waals surface area contributed by atoms with Crippen LogP contribution in [0.5, 0.6) is 0 Å². The summed E-state index contributed by atoms with van der Waals surface area (Å²) in [4.78, 5) is 15.6. The molecule has 0 saturated carbocycles. The van der Waals surface area contributed by atoms with Crippen molar-refractivity contribution in [1.82, 2.24) is 15.0 Å². The van der Waals surface area contributed by atoms with Gasteiger partial charge in [-0.15, -0.1) is 0 Å². The fourth-order valence-electron chi connectivity index (χ4n) is 3.08. The molecule has 9 heteroatoms. The number of rotatable bonds is 6. The molecule has 1 saturated heterocycles. The van der Waals surface area contributed by atoms with Crippen molar-refractivity contribution >= 4 is 41.3 Å². The van der Waals surface area contributed by atoms with Crippen molar-refractivity contribution in [3.8, 4) is 0 Å². The number of halogens is 2. The van der Waals surface area contributed by atoms with Crippen LogP contribution in [0.1, 0.15) is 24.8 Å². The Labute approximate surface area is 179 Å². The first kappa shape index (κ1) is 20.0. The molecule has 7 nitrogen and oxygen atoms in total. The highest BCUT2D eigenvalue weighted by molar-refractivity contribution is 6.30. The summed E-state index contributed by atoms with van der Waals surface area (Å²) in [6, 6.07) is 13.3. The van der Waals surface area contributed by atoms with Crippen LogP contribution in [0.2, 0.25) is 5.02 Å². The minimum Gasteiger partial charge on any atom is -0.341 e. The summed E-state index contributed by atoms with van der Waals surface area (Å²) in [6.45, 7) is 1.79. The van der Waals surface area contributed by atoms with E-state index in [0.717, 1.165) is 31.5 Å². The number of piperidine rings is 1. The van der Waals surface area contributed by atoms with Crippen LogP contribution in [0.25, 0.3) is 0 Å². The molecule has 154 valence electrons. The Balaban J connectivity index is 1.55. The molecule has 0 amide bonds. The van der Waals surface area contributed by atoms with E-state index in [0.29, 0.717) is 28.6 Å². The molecule has 1 aromatic heterocycles. The van der Waals surface area contributed by atoms with Crippen molar-refractivity contribution in [2.24, 2.45) is 5.10 Å². The number of hydrazone groups is 1.